The zero-order valence-electron chi connectivity index (χ0n) is 20.3. The zero-order valence-corrected chi connectivity index (χ0v) is 21.1. The summed E-state index contributed by atoms with van der Waals surface area (Å²) in [5.74, 6) is -0.651. The molecule has 0 spiro atoms. The fourth-order valence-corrected chi connectivity index (χ4v) is 5.07. The van der Waals surface area contributed by atoms with Crippen LogP contribution in [-0.4, -0.2) is 59.1 Å². The molecule has 2 N–H and O–H groups in total. The Labute approximate surface area is 213 Å². The van der Waals surface area contributed by atoms with Gasteiger partial charge in [-0.15, -0.1) is 11.3 Å². The van der Waals surface area contributed by atoms with E-state index in [9.17, 15) is 19.5 Å². The van der Waals surface area contributed by atoms with Crippen molar-refractivity contribution in [3.8, 4) is 10.6 Å². The van der Waals surface area contributed by atoms with Gasteiger partial charge in [-0.2, -0.15) is 0 Å². The van der Waals surface area contributed by atoms with Crippen LogP contribution in [0.2, 0.25) is 0 Å². The first-order chi connectivity index (χ1) is 17.4. The van der Waals surface area contributed by atoms with Crippen molar-refractivity contribution in [1.82, 2.24) is 15.2 Å². The molecular weight excluding hydrogens is 478 g/mol. The monoisotopic (exact) mass is 507 g/mol. The lowest BCUT2D eigenvalue weighted by molar-refractivity contribution is -0.140. The molecule has 1 fully saturated rings. The molecule has 0 aliphatic carbocycles. The number of rotatable bonds is 8. The van der Waals surface area contributed by atoms with Gasteiger partial charge in [0.15, 0.2) is 0 Å². The van der Waals surface area contributed by atoms with Crippen molar-refractivity contribution in [2.45, 2.75) is 38.3 Å². The topological polar surface area (TPSA) is 109 Å². The first-order valence-corrected chi connectivity index (χ1v) is 12.7. The molecule has 2 heterocycles. The number of hydrogen-bond donors (Lipinski definition) is 2. The summed E-state index contributed by atoms with van der Waals surface area (Å²) >= 11 is 1.32. The summed E-state index contributed by atoms with van der Waals surface area (Å²) in [5, 5.41) is 13.5. The molecule has 2 atom stereocenters. The van der Waals surface area contributed by atoms with E-state index in [0.29, 0.717) is 41.4 Å². The molecule has 2 aromatic carbocycles. The van der Waals surface area contributed by atoms with Crippen LogP contribution < -0.4 is 5.32 Å². The van der Waals surface area contributed by atoms with Crippen molar-refractivity contribution in [2.75, 3.05) is 20.2 Å². The quantitative estimate of drug-likeness (QED) is 0.451. The fourth-order valence-electron chi connectivity index (χ4n) is 4.19. The summed E-state index contributed by atoms with van der Waals surface area (Å²) in [7, 11) is 1.35. The van der Waals surface area contributed by atoms with Crippen molar-refractivity contribution in [1.29, 1.82) is 0 Å². The Hall–Kier alpha value is -3.56. The van der Waals surface area contributed by atoms with E-state index in [1.54, 1.807) is 23.2 Å². The molecule has 36 heavy (non-hydrogen) atoms. The summed E-state index contributed by atoms with van der Waals surface area (Å²) in [6.45, 7) is 2.81. The summed E-state index contributed by atoms with van der Waals surface area (Å²) in [4.78, 5) is 43.9. The van der Waals surface area contributed by atoms with Crippen molar-refractivity contribution < 1.29 is 24.2 Å². The van der Waals surface area contributed by atoms with Crippen LogP contribution in [0.1, 0.15) is 57.0 Å². The molecule has 0 radical (unpaired) electrons. The smallest absolute Gasteiger partial charge is 0.305 e. The van der Waals surface area contributed by atoms with Gasteiger partial charge in [0.25, 0.3) is 11.8 Å². The highest BCUT2D eigenvalue weighted by atomic mass is 32.1. The number of aryl methyl sites for hydroxylation is 1. The first kappa shape index (κ1) is 25.5. The largest absolute Gasteiger partial charge is 0.469 e. The van der Waals surface area contributed by atoms with Crippen molar-refractivity contribution in [3.05, 3.63) is 76.3 Å². The van der Waals surface area contributed by atoms with Gasteiger partial charge in [-0.1, -0.05) is 36.4 Å². The molecule has 188 valence electrons. The number of amides is 2. The molecule has 1 aliphatic heterocycles. The molecule has 4 rings (SSSR count). The predicted molar refractivity (Wildman–Crippen MR) is 137 cm³/mol. The number of esters is 1. The maximum atomic E-state index is 13.0. The van der Waals surface area contributed by atoms with E-state index in [2.05, 4.69) is 10.3 Å². The average molecular weight is 508 g/mol. The van der Waals surface area contributed by atoms with Crippen LogP contribution in [0.3, 0.4) is 0 Å². The number of likely N-dealkylation sites (tertiary alicyclic amines) is 1. The second kappa shape index (κ2) is 11.5. The predicted octanol–water partition coefficient (Wildman–Crippen LogP) is 3.61. The summed E-state index contributed by atoms with van der Waals surface area (Å²) in [6.07, 6.45) is 2.33. The van der Waals surface area contributed by atoms with Crippen LogP contribution in [0, 0.1) is 0 Å². The number of carbonyl (C=O) groups is 3. The van der Waals surface area contributed by atoms with Crippen LogP contribution in [0.15, 0.2) is 54.7 Å². The van der Waals surface area contributed by atoms with Gasteiger partial charge in [0.05, 0.1) is 25.5 Å². The zero-order chi connectivity index (χ0) is 25.7. The number of benzene rings is 2. The molecule has 0 bridgehead atoms. The summed E-state index contributed by atoms with van der Waals surface area (Å²) in [6, 6.07) is 14.7. The normalized spacial score (nSPS) is 16.0. The van der Waals surface area contributed by atoms with E-state index < -0.39 is 6.10 Å². The van der Waals surface area contributed by atoms with Crippen LogP contribution in [0.25, 0.3) is 10.6 Å². The average Bonchev–Trinajstić information content (AvgIpc) is 3.56. The number of methoxy groups -OCH3 is 1. The van der Waals surface area contributed by atoms with E-state index in [1.165, 1.54) is 18.4 Å². The number of aliphatic hydroxyl groups excluding tert-OH is 1. The lowest BCUT2D eigenvalue weighted by Crippen LogP contribution is -2.28. The Balaban J connectivity index is 1.45. The van der Waals surface area contributed by atoms with Gasteiger partial charge in [0.1, 0.15) is 9.88 Å². The molecule has 8 nitrogen and oxygen atoms in total. The summed E-state index contributed by atoms with van der Waals surface area (Å²) < 4.78 is 4.71. The minimum Gasteiger partial charge on any atom is -0.469 e. The van der Waals surface area contributed by atoms with E-state index in [-0.39, 0.29) is 30.2 Å². The molecule has 2 amide bonds. The number of thiazole rings is 1. The van der Waals surface area contributed by atoms with Gasteiger partial charge in [0.2, 0.25) is 0 Å². The molecule has 1 saturated heterocycles. The maximum absolute atomic E-state index is 13.0. The van der Waals surface area contributed by atoms with E-state index in [1.807, 2.05) is 43.3 Å². The Kier molecular flexibility index (Phi) is 8.12. The van der Waals surface area contributed by atoms with E-state index in [4.69, 9.17) is 4.74 Å². The highest BCUT2D eigenvalue weighted by Gasteiger charge is 2.27. The third-order valence-corrected chi connectivity index (χ3v) is 7.27. The molecular formula is C27H29N3O5S. The Bertz CT molecular complexity index is 1260. The number of ether oxygens (including phenoxy) is 1. The number of hydrogen-bond acceptors (Lipinski definition) is 7. The lowest BCUT2D eigenvalue weighted by Gasteiger charge is -2.17. The van der Waals surface area contributed by atoms with Crippen LogP contribution in [0.4, 0.5) is 0 Å². The lowest BCUT2D eigenvalue weighted by atomic mass is 10.0. The van der Waals surface area contributed by atoms with Gasteiger partial charge in [-0.3, -0.25) is 14.4 Å². The number of carbonyl (C=O) groups excluding carboxylic acids is 3. The number of β-amino-alcohol motifs (C(OH)–C–C–N with tert-alkyl or cyclic N) is 1. The molecule has 0 saturated carbocycles. The van der Waals surface area contributed by atoms with Crippen molar-refractivity contribution in [2.24, 2.45) is 0 Å². The highest BCUT2D eigenvalue weighted by Crippen LogP contribution is 2.29. The van der Waals surface area contributed by atoms with E-state index >= 15 is 0 Å². The Morgan fingerprint density at radius 1 is 1.22 bits per heavy atom. The molecule has 3 aromatic rings. The van der Waals surface area contributed by atoms with Crippen LogP contribution in [-0.2, 0) is 16.0 Å². The number of nitrogens with one attached hydrogen (secondary N) is 1. The number of aliphatic hydroxyl groups is 1. The number of nitrogens with zero attached hydrogens (tertiary/aromatic N) is 2. The minimum absolute atomic E-state index is 0.113. The maximum Gasteiger partial charge on any atom is 0.305 e. The second-order valence-corrected chi connectivity index (χ2v) is 9.81. The van der Waals surface area contributed by atoms with Crippen LogP contribution in [0.5, 0.6) is 0 Å². The van der Waals surface area contributed by atoms with Gasteiger partial charge in [0, 0.05) is 30.6 Å². The third-order valence-electron chi connectivity index (χ3n) is 6.24. The third kappa shape index (κ3) is 5.98. The highest BCUT2D eigenvalue weighted by molar-refractivity contribution is 7.16. The van der Waals surface area contributed by atoms with Crippen LogP contribution >= 0.6 is 11.3 Å². The van der Waals surface area contributed by atoms with Gasteiger partial charge in [-0.25, -0.2) is 4.98 Å². The standard InChI is InChI=1S/C27H29N3O5S/c1-17(29-25(33)22-9-4-3-6-18(22)10-11-24(32)35-2)19-7-5-8-20(14-19)26-28-15-23(36-26)27(34)30-13-12-21(31)16-30/h3-9,14-15,17,21,31H,10-13,16H2,1-2H3,(H,29,33)/t17-,21+/m1/s1. The van der Waals surface area contributed by atoms with Gasteiger partial charge < -0.3 is 20.1 Å². The van der Waals surface area contributed by atoms with E-state index in [0.717, 1.165) is 16.7 Å². The molecule has 9 heteroatoms. The van der Waals surface area contributed by atoms with Crippen molar-refractivity contribution in [3.63, 3.8) is 0 Å². The molecule has 1 aromatic heterocycles. The van der Waals surface area contributed by atoms with Crippen molar-refractivity contribution >= 4 is 29.1 Å². The fraction of sp³-hybridized carbons (Fsp3) is 0.333. The SMILES string of the molecule is COC(=O)CCc1ccccc1C(=O)N[C@H](C)c1cccc(-c2ncc(C(=O)N3CC[C@H](O)C3)s2)c1. The van der Waals surface area contributed by atoms with Gasteiger partial charge in [-0.05, 0) is 43.0 Å². The molecule has 0 unspecified atom stereocenters. The number of aromatic nitrogens is 1. The molecule has 1 aliphatic rings. The summed E-state index contributed by atoms with van der Waals surface area (Å²) in [5.41, 5.74) is 3.07. The first-order valence-electron chi connectivity index (χ1n) is 11.8. The Morgan fingerprint density at radius 3 is 2.78 bits per heavy atom. The Morgan fingerprint density at radius 2 is 2.03 bits per heavy atom. The minimum atomic E-state index is -0.463. The van der Waals surface area contributed by atoms with Gasteiger partial charge >= 0.3 is 5.97 Å². The second-order valence-electron chi connectivity index (χ2n) is 8.78.